The lowest BCUT2D eigenvalue weighted by molar-refractivity contribution is -0.167. The Morgan fingerprint density at radius 2 is 1.64 bits per heavy atom. The minimum absolute atomic E-state index is 0.138. The van der Waals surface area contributed by atoms with Crippen molar-refractivity contribution < 1.29 is 33.4 Å². The number of carbonyl (C=O) groups excluding carboxylic acids is 4. The number of amides is 1. The molecule has 0 saturated carbocycles. The third-order valence-corrected chi connectivity index (χ3v) is 6.65. The third-order valence-electron chi connectivity index (χ3n) is 6.65. The van der Waals surface area contributed by atoms with Crippen LogP contribution in [0, 0.1) is 0 Å². The lowest BCUT2D eigenvalue weighted by atomic mass is 10.0. The van der Waals surface area contributed by atoms with Crippen LogP contribution in [0.3, 0.4) is 0 Å². The number of hydrogen-bond acceptors (Lipinski definition) is 8. The lowest BCUT2D eigenvalue weighted by Gasteiger charge is -2.15. The van der Waals surface area contributed by atoms with Crippen LogP contribution in [0.25, 0.3) is 10.9 Å². The summed E-state index contributed by atoms with van der Waals surface area (Å²) >= 11 is 0. The first-order chi connectivity index (χ1) is 21.2. The molecule has 2 aromatic heterocycles. The number of esters is 2. The van der Waals surface area contributed by atoms with E-state index >= 15 is 0 Å². The first-order valence-electron chi connectivity index (χ1n) is 14.7. The van der Waals surface area contributed by atoms with Crippen molar-refractivity contribution >= 4 is 34.5 Å². The van der Waals surface area contributed by atoms with Gasteiger partial charge in [-0.15, -0.1) is 0 Å². The van der Waals surface area contributed by atoms with Crippen LogP contribution >= 0.6 is 0 Å². The van der Waals surface area contributed by atoms with Gasteiger partial charge < -0.3 is 24.5 Å². The SMILES string of the molecule is CCCCC.CCc1c(C(=O)C(N)=O)c2c(OCC(=O)OC(C)OC(=O)c3cccnc3)cccc2n1Cc1ccccc1. The van der Waals surface area contributed by atoms with E-state index in [-0.39, 0.29) is 16.9 Å². The first kappa shape index (κ1) is 33.5. The summed E-state index contributed by atoms with van der Waals surface area (Å²) in [5.41, 5.74) is 8.00. The van der Waals surface area contributed by atoms with Gasteiger partial charge in [-0.05, 0) is 36.2 Å². The maximum atomic E-state index is 13.0. The van der Waals surface area contributed by atoms with Crippen molar-refractivity contribution in [2.45, 2.75) is 66.2 Å². The molecule has 4 aromatic rings. The molecular formula is C34H39N3O7. The molecule has 44 heavy (non-hydrogen) atoms. The minimum atomic E-state index is -1.18. The summed E-state index contributed by atoms with van der Waals surface area (Å²) in [5.74, 6) is -3.24. The van der Waals surface area contributed by atoms with Gasteiger partial charge in [0.2, 0.25) is 6.29 Å². The van der Waals surface area contributed by atoms with Gasteiger partial charge in [-0.25, -0.2) is 9.59 Å². The van der Waals surface area contributed by atoms with Crippen molar-refractivity contribution in [3.8, 4) is 5.75 Å². The van der Waals surface area contributed by atoms with E-state index in [0.29, 0.717) is 29.6 Å². The smallest absolute Gasteiger partial charge is 0.347 e. The van der Waals surface area contributed by atoms with E-state index in [9.17, 15) is 19.2 Å². The number of pyridine rings is 1. The van der Waals surface area contributed by atoms with Gasteiger partial charge in [0.05, 0.1) is 22.0 Å². The molecule has 1 amide bonds. The number of ether oxygens (including phenoxy) is 3. The van der Waals surface area contributed by atoms with Crippen LogP contribution in [0.1, 0.15) is 78.9 Å². The summed E-state index contributed by atoms with van der Waals surface area (Å²) in [7, 11) is 0. The molecule has 4 rings (SSSR count). The number of benzene rings is 2. The molecule has 2 N–H and O–H groups in total. The zero-order chi connectivity index (χ0) is 32.1. The second-order valence-corrected chi connectivity index (χ2v) is 9.94. The van der Waals surface area contributed by atoms with Gasteiger partial charge >= 0.3 is 11.9 Å². The quantitative estimate of drug-likeness (QED) is 0.0899. The summed E-state index contributed by atoms with van der Waals surface area (Å²) in [6, 6.07) is 17.9. The molecule has 0 aliphatic carbocycles. The number of aromatic nitrogens is 2. The number of carbonyl (C=O) groups is 4. The van der Waals surface area contributed by atoms with Gasteiger partial charge in [0.15, 0.2) is 6.61 Å². The highest BCUT2D eigenvalue weighted by Gasteiger charge is 2.27. The highest BCUT2D eigenvalue weighted by Crippen LogP contribution is 2.35. The average molecular weight is 602 g/mol. The molecule has 232 valence electrons. The fourth-order valence-electron chi connectivity index (χ4n) is 4.66. The lowest BCUT2D eigenvalue weighted by Crippen LogP contribution is -2.25. The number of fused-ring (bicyclic) bond motifs is 1. The van der Waals surface area contributed by atoms with E-state index < -0.39 is 36.5 Å². The van der Waals surface area contributed by atoms with E-state index in [1.54, 1.807) is 24.3 Å². The molecule has 2 aromatic carbocycles. The van der Waals surface area contributed by atoms with Gasteiger partial charge in [0, 0.05) is 31.6 Å². The summed E-state index contributed by atoms with van der Waals surface area (Å²) in [5, 5.41) is 0.373. The number of rotatable bonds is 13. The van der Waals surface area contributed by atoms with Crippen molar-refractivity contribution in [2.24, 2.45) is 5.73 Å². The summed E-state index contributed by atoms with van der Waals surface area (Å²) < 4.78 is 18.0. The van der Waals surface area contributed by atoms with Gasteiger partial charge in [-0.2, -0.15) is 0 Å². The molecule has 10 nitrogen and oxygen atoms in total. The van der Waals surface area contributed by atoms with Crippen molar-refractivity contribution in [2.75, 3.05) is 6.61 Å². The Bertz CT molecular complexity index is 1560. The van der Waals surface area contributed by atoms with Gasteiger partial charge in [-0.1, -0.05) is 76.4 Å². The summed E-state index contributed by atoms with van der Waals surface area (Å²) in [6.07, 6.45) is 6.18. The van der Waals surface area contributed by atoms with E-state index in [0.717, 1.165) is 5.56 Å². The number of nitrogens with zero attached hydrogens (tertiary/aromatic N) is 2. The zero-order valence-corrected chi connectivity index (χ0v) is 25.6. The van der Waals surface area contributed by atoms with Gasteiger partial charge in [0.25, 0.3) is 11.7 Å². The van der Waals surface area contributed by atoms with Crippen LogP contribution < -0.4 is 10.5 Å². The Morgan fingerprint density at radius 1 is 0.909 bits per heavy atom. The molecule has 1 unspecified atom stereocenters. The van der Waals surface area contributed by atoms with Crippen molar-refractivity contribution in [1.29, 1.82) is 0 Å². The van der Waals surface area contributed by atoms with Crippen LogP contribution in [0.15, 0.2) is 73.1 Å². The van der Waals surface area contributed by atoms with E-state index in [1.807, 2.05) is 41.8 Å². The monoisotopic (exact) mass is 601 g/mol. The summed E-state index contributed by atoms with van der Waals surface area (Å²) in [4.78, 5) is 53.4. The van der Waals surface area contributed by atoms with Crippen molar-refractivity contribution in [3.63, 3.8) is 0 Å². The Balaban J connectivity index is 0.000000978. The Kier molecular flexibility index (Phi) is 12.6. The summed E-state index contributed by atoms with van der Waals surface area (Å²) in [6.45, 7) is 7.60. The normalized spacial score (nSPS) is 11.2. The highest BCUT2D eigenvalue weighted by molar-refractivity contribution is 6.45. The first-order valence-corrected chi connectivity index (χ1v) is 14.7. The van der Waals surface area contributed by atoms with Crippen LogP contribution in [-0.2, 0) is 32.0 Å². The van der Waals surface area contributed by atoms with Crippen LogP contribution in [0.5, 0.6) is 5.75 Å². The molecule has 2 heterocycles. The standard InChI is InChI=1S/C29H27N3O7.C5H12/c1-3-21-26(27(34)28(30)35)25-22(32(21)16-19-9-5-4-6-10-19)12-7-13-23(25)37-17-24(33)38-18(2)39-29(36)20-11-8-14-31-15-20;1-3-5-4-2/h4-15,18H,3,16-17H2,1-2H3,(H2,30,35);3-5H2,1-2H3. The third kappa shape index (κ3) is 8.76. The Labute approximate surface area is 257 Å². The molecule has 0 aliphatic rings. The van der Waals surface area contributed by atoms with E-state index in [4.69, 9.17) is 19.9 Å². The van der Waals surface area contributed by atoms with Crippen LogP contribution in [-0.4, -0.2) is 46.1 Å². The molecular weight excluding hydrogens is 562 g/mol. The van der Waals surface area contributed by atoms with Crippen LogP contribution in [0.2, 0.25) is 0 Å². The second kappa shape index (κ2) is 16.6. The van der Waals surface area contributed by atoms with Crippen LogP contribution in [0.4, 0.5) is 0 Å². The number of ketones is 1. The maximum absolute atomic E-state index is 13.0. The number of Topliss-reactive ketones (excluding diaryl/α,β-unsaturated/α-hetero) is 1. The Morgan fingerprint density at radius 3 is 2.23 bits per heavy atom. The molecule has 0 bridgehead atoms. The maximum Gasteiger partial charge on any atom is 0.347 e. The molecule has 0 fully saturated rings. The molecule has 0 spiro atoms. The number of unbranched alkanes of at least 4 members (excludes halogenated alkanes) is 2. The van der Waals surface area contributed by atoms with Gasteiger partial charge in [-0.3, -0.25) is 14.6 Å². The molecule has 10 heteroatoms. The molecule has 1 atom stereocenters. The fraction of sp³-hybridized carbons (Fsp3) is 0.324. The van der Waals surface area contributed by atoms with Gasteiger partial charge in [0.1, 0.15) is 5.75 Å². The largest absolute Gasteiger partial charge is 0.481 e. The molecule has 0 radical (unpaired) electrons. The fourth-order valence-corrected chi connectivity index (χ4v) is 4.66. The number of primary amides is 1. The number of hydrogen-bond donors (Lipinski definition) is 1. The predicted molar refractivity (Wildman–Crippen MR) is 166 cm³/mol. The van der Waals surface area contributed by atoms with Crippen molar-refractivity contribution in [3.05, 3.63) is 95.4 Å². The van der Waals surface area contributed by atoms with Crippen molar-refractivity contribution in [1.82, 2.24) is 9.55 Å². The van der Waals surface area contributed by atoms with E-state index in [2.05, 4.69) is 18.8 Å². The molecule has 0 saturated heterocycles. The number of nitrogens with two attached hydrogens (primary N) is 1. The highest BCUT2D eigenvalue weighted by atomic mass is 16.7. The second-order valence-electron chi connectivity index (χ2n) is 9.94. The average Bonchev–Trinajstić information content (AvgIpc) is 3.34. The van der Waals surface area contributed by atoms with E-state index in [1.165, 1.54) is 44.6 Å². The predicted octanol–water partition coefficient (Wildman–Crippen LogP) is 5.64. The molecule has 0 aliphatic heterocycles. The topological polar surface area (TPSA) is 140 Å². The zero-order valence-electron chi connectivity index (χ0n) is 25.6. The minimum Gasteiger partial charge on any atom is -0.481 e. The Hall–Kier alpha value is -4.99.